The van der Waals surface area contributed by atoms with E-state index in [1.165, 1.54) is 44.2 Å². The number of nitrogens with zero attached hydrogens (tertiary/aromatic N) is 3. The van der Waals surface area contributed by atoms with Crippen molar-refractivity contribution in [2.75, 3.05) is 19.0 Å². The van der Waals surface area contributed by atoms with Crippen molar-refractivity contribution >= 4 is 17.8 Å². The number of likely N-dealkylation sites (N-methyl/N-ethyl adjacent to an activating group) is 1. The summed E-state index contributed by atoms with van der Waals surface area (Å²) in [6.07, 6.45) is 6.96. The normalized spacial score (nSPS) is 27.0. The number of hydrogen-bond acceptors (Lipinski definition) is 6. The first kappa shape index (κ1) is 22.2. The van der Waals surface area contributed by atoms with Gasteiger partial charge in [-0.15, -0.1) is 10.2 Å². The minimum absolute atomic E-state index is 0.113. The van der Waals surface area contributed by atoms with Crippen molar-refractivity contribution in [2.24, 2.45) is 0 Å². The predicted molar refractivity (Wildman–Crippen MR) is 123 cm³/mol. The standard InChI is InChI=1S/C24H30FN5O2/c1-23-9-10-24(2,29-23)14-16(13-23)30(4)21-7-6-19(27-28-21)17-12-18(25)15(11-20(17)31)5-8-22(32)26-3/h5-8,11-12,16,29,31H,9-10,13-14H2,1-4H3,(H,26,32)/b8-5+/t16-,23+,24-. The minimum Gasteiger partial charge on any atom is -0.507 e. The molecule has 1 aromatic carbocycles. The van der Waals surface area contributed by atoms with Crippen molar-refractivity contribution in [1.29, 1.82) is 0 Å². The Labute approximate surface area is 187 Å². The van der Waals surface area contributed by atoms with Crippen molar-refractivity contribution in [3.05, 3.63) is 41.7 Å². The molecule has 4 rings (SSSR count). The molecule has 2 aliphatic rings. The lowest BCUT2D eigenvalue weighted by atomic mass is 9.84. The van der Waals surface area contributed by atoms with Gasteiger partial charge in [-0.3, -0.25) is 4.79 Å². The Morgan fingerprint density at radius 2 is 1.94 bits per heavy atom. The lowest BCUT2D eigenvalue weighted by molar-refractivity contribution is -0.115. The number of piperidine rings is 1. The summed E-state index contributed by atoms with van der Waals surface area (Å²) in [5, 5.41) is 25.2. The highest BCUT2D eigenvalue weighted by Crippen LogP contribution is 2.43. The van der Waals surface area contributed by atoms with Gasteiger partial charge in [-0.25, -0.2) is 4.39 Å². The van der Waals surface area contributed by atoms with E-state index < -0.39 is 5.82 Å². The van der Waals surface area contributed by atoms with Crippen molar-refractivity contribution in [3.63, 3.8) is 0 Å². The van der Waals surface area contributed by atoms with Crippen LogP contribution in [0.5, 0.6) is 5.75 Å². The molecule has 2 aromatic rings. The Morgan fingerprint density at radius 3 is 2.53 bits per heavy atom. The van der Waals surface area contributed by atoms with Gasteiger partial charge in [0, 0.05) is 48.4 Å². The number of benzene rings is 1. The summed E-state index contributed by atoms with van der Waals surface area (Å²) in [7, 11) is 3.52. The number of fused-ring (bicyclic) bond motifs is 2. The molecule has 32 heavy (non-hydrogen) atoms. The molecule has 2 aliphatic heterocycles. The van der Waals surface area contributed by atoms with Gasteiger partial charge in [0.25, 0.3) is 0 Å². The number of rotatable bonds is 5. The second-order valence-corrected chi connectivity index (χ2v) is 9.53. The molecule has 2 saturated heterocycles. The van der Waals surface area contributed by atoms with Crippen LogP contribution in [0.15, 0.2) is 30.3 Å². The van der Waals surface area contributed by atoms with E-state index in [-0.39, 0.29) is 33.9 Å². The third-order valence-electron chi connectivity index (χ3n) is 6.82. The third-order valence-corrected chi connectivity index (χ3v) is 6.82. The summed E-state index contributed by atoms with van der Waals surface area (Å²) in [5.74, 6) is -0.303. The van der Waals surface area contributed by atoms with Crippen LogP contribution in [0.1, 0.15) is 45.1 Å². The summed E-state index contributed by atoms with van der Waals surface area (Å²) in [5.41, 5.74) is 1.04. The van der Waals surface area contributed by atoms with E-state index in [0.717, 1.165) is 18.7 Å². The van der Waals surface area contributed by atoms with E-state index in [0.29, 0.717) is 11.7 Å². The number of aromatic hydroxyl groups is 1. The highest BCUT2D eigenvalue weighted by atomic mass is 19.1. The maximum absolute atomic E-state index is 14.5. The second kappa shape index (κ2) is 8.16. The SMILES string of the molecule is CNC(=O)/C=C/c1cc(O)c(-c2ccc(N(C)[C@@H]3C[C@]4(C)CC[C@](C)(C3)N4)nn2)cc1F. The molecule has 170 valence electrons. The van der Waals surface area contributed by atoms with Crippen LogP contribution in [0, 0.1) is 5.82 Å². The summed E-state index contributed by atoms with van der Waals surface area (Å²) in [6.45, 7) is 4.58. The van der Waals surface area contributed by atoms with E-state index in [2.05, 4.69) is 39.6 Å². The van der Waals surface area contributed by atoms with Crippen LogP contribution in [0.4, 0.5) is 10.2 Å². The highest BCUT2D eigenvalue weighted by Gasteiger charge is 2.49. The number of aromatic nitrogens is 2. The lowest BCUT2D eigenvalue weighted by Gasteiger charge is -2.45. The van der Waals surface area contributed by atoms with Crippen LogP contribution < -0.4 is 15.5 Å². The van der Waals surface area contributed by atoms with E-state index in [1.807, 2.05) is 13.1 Å². The number of carbonyl (C=O) groups excluding carboxylic acids is 1. The Bertz CT molecular complexity index is 1040. The highest BCUT2D eigenvalue weighted by molar-refractivity contribution is 5.91. The molecular formula is C24H30FN5O2. The molecule has 1 aromatic heterocycles. The molecule has 0 spiro atoms. The zero-order chi connectivity index (χ0) is 23.1. The molecule has 0 radical (unpaired) electrons. The maximum Gasteiger partial charge on any atom is 0.243 e. The Morgan fingerprint density at radius 1 is 1.25 bits per heavy atom. The number of amides is 1. The predicted octanol–water partition coefficient (Wildman–Crippen LogP) is 3.25. The third kappa shape index (κ3) is 4.32. The van der Waals surface area contributed by atoms with Gasteiger partial charge in [0.2, 0.25) is 5.91 Å². The number of carbonyl (C=O) groups is 1. The van der Waals surface area contributed by atoms with Gasteiger partial charge >= 0.3 is 0 Å². The van der Waals surface area contributed by atoms with Gasteiger partial charge in [0.05, 0.1) is 5.69 Å². The summed E-state index contributed by atoms with van der Waals surface area (Å²) in [6, 6.07) is 6.43. The van der Waals surface area contributed by atoms with Gasteiger partial charge in [-0.1, -0.05) is 0 Å². The molecule has 3 N–H and O–H groups in total. The molecule has 2 bridgehead atoms. The minimum atomic E-state index is -0.562. The Balaban J connectivity index is 1.53. The van der Waals surface area contributed by atoms with Gasteiger partial charge in [0.1, 0.15) is 11.6 Å². The topological polar surface area (TPSA) is 90.4 Å². The number of hydrogen-bond donors (Lipinski definition) is 3. The Kier molecular flexibility index (Phi) is 5.67. The first-order valence-electron chi connectivity index (χ1n) is 10.9. The molecule has 7 nitrogen and oxygen atoms in total. The lowest BCUT2D eigenvalue weighted by Crippen LogP contribution is -2.58. The fraction of sp³-hybridized carbons (Fsp3) is 0.458. The fourth-order valence-corrected chi connectivity index (χ4v) is 5.10. The number of phenols is 1. The van der Waals surface area contributed by atoms with E-state index >= 15 is 0 Å². The van der Waals surface area contributed by atoms with E-state index in [4.69, 9.17) is 0 Å². The Hall–Kier alpha value is -3.00. The van der Waals surface area contributed by atoms with Crippen LogP contribution in [0.25, 0.3) is 17.3 Å². The monoisotopic (exact) mass is 439 g/mol. The van der Waals surface area contributed by atoms with E-state index in [1.54, 1.807) is 6.07 Å². The molecule has 3 heterocycles. The summed E-state index contributed by atoms with van der Waals surface area (Å²) in [4.78, 5) is 13.5. The smallest absolute Gasteiger partial charge is 0.243 e. The molecule has 8 heteroatoms. The average molecular weight is 440 g/mol. The molecule has 1 amide bonds. The van der Waals surface area contributed by atoms with E-state index in [9.17, 15) is 14.3 Å². The largest absolute Gasteiger partial charge is 0.507 e. The summed E-state index contributed by atoms with van der Waals surface area (Å²) >= 11 is 0. The molecule has 0 saturated carbocycles. The van der Waals surface area contributed by atoms with Gasteiger partial charge in [-0.2, -0.15) is 0 Å². The molecule has 0 aliphatic carbocycles. The van der Waals surface area contributed by atoms with Crippen molar-refractivity contribution in [1.82, 2.24) is 20.8 Å². The van der Waals surface area contributed by atoms with Crippen LogP contribution in [-0.4, -0.2) is 52.4 Å². The van der Waals surface area contributed by atoms with Crippen molar-refractivity contribution < 1.29 is 14.3 Å². The first-order valence-corrected chi connectivity index (χ1v) is 10.9. The molecule has 3 atom stereocenters. The van der Waals surface area contributed by atoms with Gasteiger partial charge in [-0.05, 0) is 69.9 Å². The van der Waals surface area contributed by atoms with Crippen molar-refractivity contribution in [3.8, 4) is 17.0 Å². The van der Waals surface area contributed by atoms with Crippen LogP contribution in [-0.2, 0) is 4.79 Å². The first-order chi connectivity index (χ1) is 15.1. The molecule has 2 fully saturated rings. The fourth-order valence-electron chi connectivity index (χ4n) is 5.10. The summed E-state index contributed by atoms with van der Waals surface area (Å²) < 4.78 is 14.5. The van der Waals surface area contributed by atoms with Crippen LogP contribution in [0.3, 0.4) is 0 Å². The molecular weight excluding hydrogens is 409 g/mol. The van der Waals surface area contributed by atoms with Crippen LogP contribution >= 0.6 is 0 Å². The zero-order valence-electron chi connectivity index (χ0n) is 18.9. The zero-order valence-corrected chi connectivity index (χ0v) is 18.9. The van der Waals surface area contributed by atoms with Gasteiger partial charge < -0.3 is 20.6 Å². The van der Waals surface area contributed by atoms with Crippen molar-refractivity contribution in [2.45, 2.75) is 56.7 Å². The quantitative estimate of drug-likeness (QED) is 0.620. The van der Waals surface area contributed by atoms with Crippen LogP contribution in [0.2, 0.25) is 0 Å². The molecule has 0 unspecified atom stereocenters. The number of halogens is 1. The number of nitrogens with one attached hydrogen (secondary N) is 2. The number of anilines is 1. The number of phenolic OH excluding ortho intramolecular Hbond substituents is 1. The average Bonchev–Trinajstić information content (AvgIpc) is 2.99. The second-order valence-electron chi connectivity index (χ2n) is 9.53. The van der Waals surface area contributed by atoms with Gasteiger partial charge in [0.15, 0.2) is 5.82 Å². The maximum atomic E-state index is 14.5.